The Hall–Kier alpha value is -2.75. The minimum atomic E-state index is -4.18. The molecule has 3 fully saturated rings. The number of carbonyl (C=O) groups excluding carboxylic acids is 2. The number of carbonyl (C=O) groups is 2. The second-order valence-electron chi connectivity index (χ2n) is 11.9. The maximum atomic E-state index is 13.8. The van der Waals surface area contributed by atoms with Crippen molar-refractivity contribution in [3.8, 4) is 0 Å². The molecule has 0 radical (unpaired) electrons. The molecule has 0 aromatic heterocycles. The zero-order valence-corrected chi connectivity index (χ0v) is 24.8. The summed E-state index contributed by atoms with van der Waals surface area (Å²) in [5.41, 5.74) is -2.25. The molecule has 5 rings (SSSR count). The Morgan fingerprint density at radius 1 is 0.977 bits per heavy atom. The lowest BCUT2D eigenvalue weighted by atomic mass is 9.71. The van der Waals surface area contributed by atoms with Crippen LogP contribution in [0.25, 0.3) is 0 Å². The van der Waals surface area contributed by atoms with E-state index in [1.165, 1.54) is 12.1 Å². The first kappa shape index (κ1) is 32.6. The van der Waals surface area contributed by atoms with Gasteiger partial charge in [0.1, 0.15) is 6.10 Å². The van der Waals surface area contributed by atoms with E-state index >= 15 is 0 Å². The average Bonchev–Trinajstić information content (AvgIpc) is 3.36. The van der Waals surface area contributed by atoms with E-state index in [-0.39, 0.29) is 53.4 Å². The fraction of sp³-hybridized carbons (Fsp3) is 0.517. The quantitative estimate of drug-likeness (QED) is 0.234. The Morgan fingerprint density at radius 2 is 1.55 bits per heavy atom. The smallest absolute Gasteiger partial charge is 0.255 e. The summed E-state index contributed by atoms with van der Waals surface area (Å²) in [6.07, 6.45) is -2.47. The van der Waals surface area contributed by atoms with E-state index in [2.05, 4.69) is 10.6 Å². The van der Waals surface area contributed by atoms with Crippen LogP contribution in [0.2, 0.25) is 5.02 Å². The van der Waals surface area contributed by atoms with Gasteiger partial charge in [-0.2, -0.15) is 0 Å². The van der Waals surface area contributed by atoms with Crippen molar-refractivity contribution in [2.24, 2.45) is 17.8 Å². The highest BCUT2D eigenvalue weighted by Gasteiger charge is 2.59. The molecule has 2 aromatic carbocycles. The van der Waals surface area contributed by atoms with Crippen LogP contribution < -0.4 is 10.6 Å². The largest absolute Gasteiger partial charge is 0.390 e. The first-order valence-electron chi connectivity index (χ1n) is 14.2. The van der Waals surface area contributed by atoms with Crippen LogP contribution in [0.15, 0.2) is 35.2 Å². The number of nitrogens with one attached hydrogen (secondary N) is 2. The number of anilines is 1. The standard InChI is InChI=1S/C29H32ClF3N2O8S/c30-19-4-1-13(28(40)35-17-10-20(31)26(33)21(32)11-17)7-24(19)44(42,43)18-8-15-2-3-16(9-18)29(15,41)25(38)12-34-27(39)14-5-22(36)23(37)6-14/h1,4,7,10-11,14-16,18,22-23,25,36-38,41H,2-3,5-6,8-9,12H2,(H,34,39)(H,35,40)/t14?,15-,16?,18-,22?,23?,25?,29-/m0/s1. The number of halogens is 4. The molecule has 7 atom stereocenters. The normalized spacial score (nSPS) is 30.6. The highest BCUT2D eigenvalue weighted by atomic mass is 35.5. The van der Waals surface area contributed by atoms with Crippen LogP contribution in [-0.4, -0.2) is 76.4 Å². The predicted octanol–water partition coefficient (Wildman–Crippen LogP) is 2.31. The van der Waals surface area contributed by atoms with Gasteiger partial charge in [0.2, 0.25) is 5.91 Å². The minimum absolute atomic E-state index is 0.0256. The van der Waals surface area contributed by atoms with Gasteiger partial charge in [-0.05, 0) is 68.6 Å². The van der Waals surface area contributed by atoms with Gasteiger partial charge in [0.15, 0.2) is 27.3 Å². The molecule has 10 nitrogen and oxygen atoms in total. The summed E-state index contributed by atoms with van der Waals surface area (Å²) in [5.74, 6) is -8.04. The van der Waals surface area contributed by atoms with Crippen molar-refractivity contribution in [1.82, 2.24) is 5.32 Å². The van der Waals surface area contributed by atoms with Crippen LogP contribution in [0.3, 0.4) is 0 Å². The van der Waals surface area contributed by atoms with Gasteiger partial charge >= 0.3 is 0 Å². The van der Waals surface area contributed by atoms with E-state index < -0.39 is 86.0 Å². The number of hydrogen-bond donors (Lipinski definition) is 6. The molecule has 2 amide bonds. The molecule has 3 saturated carbocycles. The first-order chi connectivity index (χ1) is 20.6. The number of amides is 2. The van der Waals surface area contributed by atoms with E-state index in [0.29, 0.717) is 25.0 Å². The summed E-state index contributed by atoms with van der Waals surface area (Å²) in [4.78, 5) is 24.9. The number of rotatable bonds is 8. The summed E-state index contributed by atoms with van der Waals surface area (Å²) >= 11 is 6.25. The fourth-order valence-corrected chi connectivity index (χ4v) is 9.33. The Bertz CT molecular complexity index is 1530. The molecule has 240 valence electrons. The van der Waals surface area contributed by atoms with Crippen molar-refractivity contribution < 1.29 is 51.6 Å². The maximum absolute atomic E-state index is 13.8. The second kappa shape index (κ2) is 12.2. The molecule has 0 aliphatic heterocycles. The molecule has 4 unspecified atom stereocenters. The Labute approximate surface area is 256 Å². The van der Waals surface area contributed by atoms with Crippen LogP contribution in [0.1, 0.15) is 48.9 Å². The van der Waals surface area contributed by atoms with Gasteiger partial charge in [0.25, 0.3) is 5.91 Å². The second-order valence-corrected chi connectivity index (χ2v) is 14.5. The summed E-state index contributed by atoms with van der Waals surface area (Å²) in [6.45, 7) is -0.298. The number of aliphatic hydroxyl groups excluding tert-OH is 3. The summed E-state index contributed by atoms with van der Waals surface area (Å²) < 4.78 is 68.0. The molecular formula is C29H32ClF3N2O8S. The van der Waals surface area contributed by atoms with E-state index in [1.54, 1.807) is 0 Å². The van der Waals surface area contributed by atoms with Gasteiger partial charge in [-0.25, -0.2) is 21.6 Å². The number of sulfone groups is 1. The minimum Gasteiger partial charge on any atom is -0.390 e. The van der Waals surface area contributed by atoms with Crippen LogP contribution in [0, 0.1) is 35.2 Å². The molecule has 15 heteroatoms. The molecule has 44 heavy (non-hydrogen) atoms. The monoisotopic (exact) mass is 660 g/mol. The van der Waals surface area contributed by atoms with Crippen molar-refractivity contribution in [2.45, 2.75) is 72.6 Å². The first-order valence-corrected chi connectivity index (χ1v) is 16.1. The molecule has 0 saturated heterocycles. The van der Waals surface area contributed by atoms with Gasteiger partial charge in [0.05, 0.1) is 33.0 Å². The van der Waals surface area contributed by atoms with Crippen molar-refractivity contribution >= 4 is 38.9 Å². The lowest BCUT2D eigenvalue weighted by Gasteiger charge is -2.45. The zero-order valence-electron chi connectivity index (χ0n) is 23.2. The molecule has 2 aromatic rings. The van der Waals surface area contributed by atoms with Gasteiger partial charge in [-0.3, -0.25) is 9.59 Å². The molecule has 3 aliphatic carbocycles. The summed E-state index contributed by atoms with van der Waals surface area (Å²) in [5, 5.41) is 45.6. The molecule has 3 aliphatic rings. The molecule has 0 spiro atoms. The van der Waals surface area contributed by atoms with Crippen LogP contribution >= 0.6 is 11.6 Å². The number of hydrogen-bond acceptors (Lipinski definition) is 8. The third-order valence-electron chi connectivity index (χ3n) is 9.32. The molecule has 0 heterocycles. The van der Waals surface area contributed by atoms with Crippen LogP contribution in [-0.2, 0) is 14.6 Å². The predicted molar refractivity (Wildman–Crippen MR) is 151 cm³/mol. The SMILES string of the molecule is O=C(Nc1cc(F)c(F)c(F)c1)c1ccc(Cl)c(S(=O)(=O)[C@@H]2CC3CC[C@@H](C2)[C@@]3(O)C(O)CNC(=O)C2CC(O)C(O)C2)c1. The van der Waals surface area contributed by atoms with Gasteiger partial charge in [-0.1, -0.05) is 11.6 Å². The number of aliphatic hydroxyl groups is 4. The summed E-state index contributed by atoms with van der Waals surface area (Å²) in [6, 6.07) is 4.59. The Morgan fingerprint density at radius 3 is 2.11 bits per heavy atom. The van der Waals surface area contributed by atoms with E-state index in [0.717, 1.165) is 6.07 Å². The lowest BCUT2D eigenvalue weighted by Crippen LogP contribution is -2.58. The molecule has 2 bridgehead atoms. The van der Waals surface area contributed by atoms with Crippen molar-refractivity contribution in [1.29, 1.82) is 0 Å². The average molecular weight is 661 g/mol. The molecular weight excluding hydrogens is 629 g/mol. The van der Waals surface area contributed by atoms with Crippen LogP contribution in [0.4, 0.5) is 18.9 Å². The Kier molecular flexibility index (Phi) is 9.06. The number of fused-ring (bicyclic) bond motifs is 2. The maximum Gasteiger partial charge on any atom is 0.255 e. The van der Waals surface area contributed by atoms with Crippen LogP contribution in [0.5, 0.6) is 0 Å². The highest BCUT2D eigenvalue weighted by Crippen LogP contribution is 2.53. The molecule has 6 N–H and O–H groups in total. The Balaban J connectivity index is 1.28. The third kappa shape index (κ3) is 5.95. The third-order valence-corrected chi connectivity index (χ3v) is 12.0. The van der Waals surface area contributed by atoms with Gasteiger partial charge in [-0.15, -0.1) is 0 Å². The fourth-order valence-electron chi connectivity index (χ4n) is 6.93. The topological polar surface area (TPSA) is 173 Å². The zero-order chi connectivity index (χ0) is 32.1. The van der Waals surface area contributed by atoms with E-state index in [9.17, 15) is 51.6 Å². The highest BCUT2D eigenvalue weighted by molar-refractivity contribution is 7.92. The van der Waals surface area contributed by atoms with Crippen molar-refractivity contribution in [3.63, 3.8) is 0 Å². The van der Waals surface area contributed by atoms with Gasteiger partial charge in [0, 0.05) is 35.8 Å². The van der Waals surface area contributed by atoms with Gasteiger partial charge < -0.3 is 31.1 Å². The van der Waals surface area contributed by atoms with Crippen molar-refractivity contribution in [2.75, 3.05) is 11.9 Å². The lowest BCUT2D eigenvalue weighted by molar-refractivity contribution is -0.144. The van der Waals surface area contributed by atoms with E-state index in [4.69, 9.17) is 11.6 Å². The summed E-state index contributed by atoms with van der Waals surface area (Å²) in [7, 11) is -4.18. The van der Waals surface area contributed by atoms with Crippen molar-refractivity contribution in [3.05, 3.63) is 58.4 Å². The number of benzene rings is 2. The van der Waals surface area contributed by atoms with E-state index in [1.807, 2.05) is 0 Å².